The predicted octanol–water partition coefficient (Wildman–Crippen LogP) is 8.44. The minimum absolute atomic E-state index is 0.262. The van der Waals surface area contributed by atoms with Crippen LogP contribution in [0.15, 0.2) is 111 Å². The van der Waals surface area contributed by atoms with Gasteiger partial charge in [-0.05, 0) is 11.1 Å². The standard InChI is InChI=1S/C12H10.C9H13.C7H14N.C6H7Si.CH3.Hf/c1-3-7-11(8-4-1)12-9-5-2-6-10-12;1-6-5-7(2)9(4)8(6)3;8-7-5-3-1-2-4-6-7;7-6-4-2-1-3-5-6;;/h1-10H;6H,1-4H3;7-8H,1-6H2;1-5H,7H2;1H3;/q;;-1;;;+1. The fourth-order valence-electron chi connectivity index (χ4n) is 6.62. The Hall–Kier alpha value is -1.81. The van der Waals surface area contributed by atoms with Crippen LogP contribution >= 0.6 is 0 Å². The van der Waals surface area contributed by atoms with Crippen molar-refractivity contribution in [1.29, 1.82) is 0 Å². The van der Waals surface area contributed by atoms with Gasteiger partial charge < -0.3 is 0 Å². The fourth-order valence-corrected chi connectivity index (χ4v) is 42.5. The van der Waals surface area contributed by atoms with E-state index in [1.165, 1.54) is 49.7 Å². The minimum Gasteiger partial charge on any atom is -0.0622 e. The van der Waals surface area contributed by atoms with Crippen molar-refractivity contribution in [2.45, 2.75) is 76.9 Å². The molecule has 0 spiro atoms. The summed E-state index contributed by atoms with van der Waals surface area (Å²) in [7, 11) is 0. The zero-order valence-corrected chi connectivity index (χ0v) is 29.3. The third-order valence-electron chi connectivity index (χ3n) is 8.89. The molecule has 0 radical (unpaired) electrons. The average Bonchev–Trinajstić information content (AvgIpc) is 3.12. The molecule has 0 bridgehead atoms. The van der Waals surface area contributed by atoms with Gasteiger partial charge in [0.25, 0.3) is 0 Å². The maximum Gasteiger partial charge on any atom is -0.0184 e. The monoisotopic (exact) mass is 689 g/mol. The van der Waals surface area contributed by atoms with Crippen molar-refractivity contribution in [3.8, 4) is 11.1 Å². The van der Waals surface area contributed by atoms with E-state index < -0.39 is 19.4 Å². The van der Waals surface area contributed by atoms with Crippen LogP contribution < -0.4 is 8.49 Å². The SMILES string of the molecule is CC1=C(C)C(C)[C]([Hf]([CH3])([NH]C2CCCCCC2)[SiH2]c2ccccc2)=C1C.c1ccc(-c2ccccc2)cc1. The van der Waals surface area contributed by atoms with Crippen LogP contribution in [0.3, 0.4) is 0 Å². The molecule has 0 heterocycles. The van der Waals surface area contributed by atoms with Gasteiger partial charge in [-0.2, -0.15) is 0 Å². The van der Waals surface area contributed by atoms with E-state index in [9.17, 15) is 0 Å². The molecule has 0 saturated heterocycles. The maximum atomic E-state index is 4.46. The van der Waals surface area contributed by atoms with E-state index in [4.69, 9.17) is 0 Å². The predicted molar refractivity (Wildman–Crippen MR) is 167 cm³/mol. The first-order valence-corrected chi connectivity index (χ1v) is 30.9. The molecule has 3 aromatic carbocycles. The molecule has 2 aliphatic rings. The Bertz CT molecular complexity index is 1170. The third-order valence-corrected chi connectivity index (χ3v) is 38.2. The summed E-state index contributed by atoms with van der Waals surface area (Å²) < 4.78 is 9.12. The van der Waals surface area contributed by atoms with E-state index >= 15 is 0 Å². The normalized spacial score (nSPS) is 20.3. The van der Waals surface area contributed by atoms with Gasteiger partial charge in [-0.1, -0.05) is 60.7 Å². The Morgan fingerprint density at radius 3 is 1.58 bits per heavy atom. The second kappa shape index (κ2) is 14.0. The molecule has 2 unspecified atom stereocenters. The second-order valence-electron chi connectivity index (χ2n) is 11.6. The Morgan fingerprint density at radius 2 is 1.13 bits per heavy atom. The molecule has 1 N–H and O–H groups in total. The molecule has 0 aromatic heterocycles. The summed E-state index contributed by atoms with van der Waals surface area (Å²) >= 11 is -2.74. The summed E-state index contributed by atoms with van der Waals surface area (Å²) in [6.07, 6.45) is 8.56. The van der Waals surface area contributed by atoms with E-state index in [2.05, 4.69) is 115 Å². The smallest absolute Gasteiger partial charge is 0.0184 e. The van der Waals surface area contributed by atoms with Crippen molar-refractivity contribution in [3.63, 3.8) is 0 Å². The molecule has 3 aromatic rings. The minimum atomic E-state index is -2.74. The first-order chi connectivity index (χ1) is 18.4. The van der Waals surface area contributed by atoms with Crippen LogP contribution in [0, 0.1) is 5.92 Å². The van der Waals surface area contributed by atoms with Gasteiger partial charge in [0.15, 0.2) is 0 Å². The van der Waals surface area contributed by atoms with Gasteiger partial charge in [0, 0.05) is 0 Å². The number of benzene rings is 3. The molecule has 2 atom stereocenters. The van der Waals surface area contributed by atoms with Gasteiger partial charge in [0.1, 0.15) is 0 Å². The number of hydrogen-bond acceptors (Lipinski definition) is 1. The van der Waals surface area contributed by atoms with Crippen LogP contribution in [-0.2, 0) is 19.4 Å². The van der Waals surface area contributed by atoms with E-state index in [1.54, 1.807) is 21.9 Å². The van der Waals surface area contributed by atoms with Crippen LogP contribution in [0.2, 0.25) is 4.68 Å². The number of nitrogens with one attached hydrogen (secondary N) is 1. The average molecular weight is 688 g/mol. The Balaban J connectivity index is 0.000000232. The molecule has 5 rings (SSSR count). The zero-order valence-electron chi connectivity index (χ0n) is 24.3. The van der Waals surface area contributed by atoms with Crippen LogP contribution in [0.4, 0.5) is 0 Å². The molecule has 2 aliphatic carbocycles. The van der Waals surface area contributed by atoms with Crippen molar-refractivity contribution in [2.75, 3.05) is 0 Å². The molecule has 0 amide bonds. The van der Waals surface area contributed by atoms with Crippen molar-refractivity contribution >= 4 is 11.9 Å². The Kier molecular flexibility index (Phi) is 10.8. The molecule has 0 aliphatic heterocycles. The maximum absolute atomic E-state index is 4.46. The second-order valence-corrected chi connectivity index (χ2v) is 40.7. The Morgan fingerprint density at radius 1 is 0.658 bits per heavy atom. The van der Waals surface area contributed by atoms with Gasteiger partial charge in [-0.25, -0.2) is 0 Å². The van der Waals surface area contributed by atoms with Crippen molar-refractivity contribution < 1.29 is 19.4 Å². The summed E-state index contributed by atoms with van der Waals surface area (Å²) in [4.78, 5) is 0. The molecule has 1 nitrogen and oxygen atoms in total. The van der Waals surface area contributed by atoms with Crippen LogP contribution in [0.1, 0.15) is 66.2 Å². The summed E-state index contributed by atoms with van der Waals surface area (Å²) in [6.45, 7) is 9.38. The number of rotatable bonds is 6. The van der Waals surface area contributed by atoms with E-state index in [1.807, 2.05) is 15.5 Å². The largest absolute Gasteiger partial charge is 0.0622 e. The number of allylic oxidation sites excluding steroid dienone is 4. The van der Waals surface area contributed by atoms with Gasteiger partial charge in [-0.3, -0.25) is 0 Å². The van der Waals surface area contributed by atoms with Crippen molar-refractivity contribution in [3.05, 3.63) is 111 Å². The fraction of sp³-hybridized carbons (Fsp3) is 0.371. The van der Waals surface area contributed by atoms with E-state index in [-0.39, 0.29) is 6.71 Å². The van der Waals surface area contributed by atoms with Crippen LogP contribution in [0.25, 0.3) is 11.1 Å². The molecular weight excluding hydrogens is 641 g/mol. The molecule has 1 fully saturated rings. The number of hydrogen-bond donors (Lipinski definition) is 1. The van der Waals surface area contributed by atoms with Crippen LogP contribution in [-0.4, -0.2) is 12.7 Å². The molecular formula is C35H47HfNSi. The molecule has 200 valence electrons. The van der Waals surface area contributed by atoms with E-state index in [0.29, 0.717) is 5.92 Å². The molecule has 1 saturated carbocycles. The molecule has 38 heavy (non-hydrogen) atoms. The van der Waals surface area contributed by atoms with Crippen molar-refractivity contribution in [2.24, 2.45) is 5.92 Å². The summed E-state index contributed by atoms with van der Waals surface area (Å²) in [5, 5.41) is 1.67. The van der Waals surface area contributed by atoms with Gasteiger partial charge in [-0.15, -0.1) is 0 Å². The summed E-state index contributed by atoms with van der Waals surface area (Å²) in [5.41, 5.74) is 7.43. The van der Waals surface area contributed by atoms with Gasteiger partial charge in [0.05, 0.1) is 0 Å². The molecule has 3 heteroatoms. The summed E-state index contributed by atoms with van der Waals surface area (Å²) in [5.74, 6) is 0.677. The summed E-state index contributed by atoms with van der Waals surface area (Å²) in [6, 6.07) is 33.0. The zero-order chi connectivity index (χ0) is 27.0. The van der Waals surface area contributed by atoms with Gasteiger partial charge >= 0.3 is 168 Å². The van der Waals surface area contributed by atoms with Gasteiger partial charge in [0.2, 0.25) is 0 Å². The first kappa shape index (κ1) is 29.2. The first-order valence-electron chi connectivity index (χ1n) is 14.7. The Labute approximate surface area is 238 Å². The van der Waals surface area contributed by atoms with E-state index in [0.717, 1.165) is 6.04 Å². The van der Waals surface area contributed by atoms with Crippen LogP contribution in [0.5, 0.6) is 0 Å². The topological polar surface area (TPSA) is 12.0 Å². The quantitative estimate of drug-likeness (QED) is 0.203. The third kappa shape index (κ3) is 7.43. The van der Waals surface area contributed by atoms with Crippen molar-refractivity contribution in [1.82, 2.24) is 3.30 Å².